The maximum absolute atomic E-state index is 11.8. The molecule has 15 heavy (non-hydrogen) atoms. The largest absolute Gasteiger partial charge is 0.397 e. The van der Waals surface area contributed by atoms with Crippen molar-refractivity contribution in [2.75, 3.05) is 5.73 Å². The minimum atomic E-state index is -0.0184. The second-order valence-corrected chi connectivity index (χ2v) is 4.25. The molecule has 1 aromatic rings. The molecule has 3 N–H and O–H groups in total. The number of carbonyl (C=O) groups excluding carboxylic acids is 1. The first-order valence-electron chi connectivity index (χ1n) is 5.34. The van der Waals surface area contributed by atoms with Gasteiger partial charge in [0.2, 0.25) is 0 Å². The molecule has 4 heteroatoms. The zero-order valence-corrected chi connectivity index (χ0v) is 9.16. The van der Waals surface area contributed by atoms with E-state index in [1.54, 1.807) is 16.8 Å². The summed E-state index contributed by atoms with van der Waals surface area (Å²) in [7, 11) is 1.83. The van der Waals surface area contributed by atoms with Crippen LogP contribution in [0.3, 0.4) is 0 Å². The van der Waals surface area contributed by atoms with Crippen molar-refractivity contribution in [2.24, 2.45) is 13.0 Å². The molecule has 1 aromatic heterocycles. The fourth-order valence-electron chi connectivity index (χ4n) is 1.93. The molecule has 2 unspecified atom stereocenters. The van der Waals surface area contributed by atoms with Crippen molar-refractivity contribution in [3.8, 4) is 0 Å². The highest BCUT2D eigenvalue weighted by Gasteiger charge is 2.36. The number of aromatic nitrogens is 1. The average molecular weight is 207 g/mol. The topological polar surface area (TPSA) is 60.1 Å². The molecule has 1 saturated carbocycles. The van der Waals surface area contributed by atoms with E-state index in [2.05, 4.69) is 12.2 Å². The first-order valence-corrected chi connectivity index (χ1v) is 5.34. The fraction of sp³-hybridized carbons (Fsp3) is 0.545. The number of aryl methyl sites for hydroxylation is 1. The lowest BCUT2D eigenvalue weighted by atomic mass is 10.3. The molecule has 82 valence electrons. The Hall–Kier alpha value is -1.45. The van der Waals surface area contributed by atoms with Crippen LogP contribution in [0.5, 0.6) is 0 Å². The number of hydrogen-bond acceptors (Lipinski definition) is 2. The van der Waals surface area contributed by atoms with E-state index in [4.69, 9.17) is 5.73 Å². The van der Waals surface area contributed by atoms with Gasteiger partial charge in [-0.25, -0.2) is 0 Å². The van der Waals surface area contributed by atoms with Crippen molar-refractivity contribution in [1.29, 1.82) is 0 Å². The zero-order chi connectivity index (χ0) is 11.0. The van der Waals surface area contributed by atoms with Crippen molar-refractivity contribution in [1.82, 2.24) is 9.88 Å². The Kier molecular flexibility index (Phi) is 2.42. The Labute approximate surface area is 89.5 Å². The first-order chi connectivity index (χ1) is 7.11. The minimum absolute atomic E-state index is 0.0184. The van der Waals surface area contributed by atoms with Crippen LogP contribution >= 0.6 is 0 Å². The summed E-state index contributed by atoms with van der Waals surface area (Å²) in [4.78, 5) is 11.8. The van der Waals surface area contributed by atoms with Crippen molar-refractivity contribution in [3.05, 3.63) is 18.0 Å². The summed E-state index contributed by atoms with van der Waals surface area (Å²) in [5, 5.41) is 3.01. The van der Waals surface area contributed by atoms with E-state index in [1.807, 2.05) is 7.05 Å². The lowest BCUT2D eigenvalue weighted by molar-refractivity contribution is 0.0941. The smallest absolute Gasteiger partial charge is 0.268 e. The van der Waals surface area contributed by atoms with Gasteiger partial charge in [0.15, 0.2) is 0 Å². The van der Waals surface area contributed by atoms with Crippen LogP contribution in [0.15, 0.2) is 12.3 Å². The number of amides is 1. The van der Waals surface area contributed by atoms with Crippen LogP contribution in [0.2, 0.25) is 0 Å². The Morgan fingerprint density at radius 1 is 1.73 bits per heavy atom. The number of nitrogens with two attached hydrogens (primary N) is 1. The fourth-order valence-corrected chi connectivity index (χ4v) is 1.93. The summed E-state index contributed by atoms with van der Waals surface area (Å²) in [6, 6.07) is 2.08. The van der Waals surface area contributed by atoms with E-state index in [1.165, 1.54) is 0 Å². The quantitative estimate of drug-likeness (QED) is 0.780. The summed E-state index contributed by atoms with van der Waals surface area (Å²) < 4.78 is 1.76. The molecule has 0 spiro atoms. The Bertz CT molecular complexity index is 383. The van der Waals surface area contributed by atoms with Crippen LogP contribution in [-0.4, -0.2) is 16.5 Å². The van der Waals surface area contributed by atoms with Gasteiger partial charge in [0.05, 0.1) is 5.69 Å². The molecule has 2 rings (SSSR count). The van der Waals surface area contributed by atoms with Gasteiger partial charge in [-0.15, -0.1) is 0 Å². The molecule has 1 aliphatic rings. The summed E-state index contributed by atoms with van der Waals surface area (Å²) in [6.07, 6.45) is 4.00. The van der Waals surface area contributed by atoms with Crippen molar-refractivity contribution >= 4 is 11.6 Å². The molecule has 0 aromatic carbocycles. The normalized spacial score (nSPS) is 23.9. The summed E-state index contributed by atoms with van der Waals surface area (Å²) in [6.45, 7) is 2.15. The third-order valence-corrected chi connectivity index (χ3v) is 3.02. The third kappa shape index (κ3) is 1.98. The Balaban J connectivity index is 1.99. The van der Waals surface area contributed by atoms with E-state index >= 15 is 0 Å². The van der Waals surface area contributed by atoms with Gasteiger partial charge in [0, 0.05) is 19.3 Å². The van der Waals surface area contributed by atoms with Gasteiger partial charge in [-0.05, 0) is 18.4 Å². The number of rotatable bonds is 3. The molecule has 4 nitrogen and oxygen atoms in total. The molecule has 1 heterocycles. The molecule has 0 aliphatic heterocycles. The molecule has 1 fully saturated rings. The van der Waals surface area contributed by atoms with E-state index in [-0.39, 0.29) is 5.91 Å². The summed E-state index contributed by atoms with van der Waals surface area (Å²) >= 11 is 0. The number of hydrogen-bond donors (Lipinski definition) is 2. The SMILES string of the molecule is CCC1CC1NC(=O)c1cc(N)cn1C. The second-order valence-electron chi connectivity index (χ2n) is 4.25. The Morgan fingerprint density at radius 3 is 2.93 bits per heavy atom. The van der Waals surface area contributed by atoms with Crippen molar-refractivity contribution in [2.45, 2.75) is 25.8 Å². The molecule has 0 saturated heterocycles. The summed E-state index contributed by atoms with van der Waals surface area (Å²) in [5.74, 6) is 0.654. The molecular weight excluding hydrogens is 190 g/mol. The van der Waals surface area contributed by atoms with Gasteiger partial charge >= 0.3 is 0 Å². The zero-order valence-electron chi connectivity index (χ0n) is 9.16. The maximum Gasteiger partial charge on any atom is 0.268 e. The standard InChI is InChI=1S/C11H17N3O/c1-3-7-4-9(7)13-11(15)10-5-8(12)6-14(10)2/h5-7,9H,3-4,12H2,1-2H3,(H,13,15). The van der Waals surface area contributed by atoms with Crippen LogP contribution in [0.4, 0.5) is 5.69 Å². The first kappa shape index (κ1) is 10.1. The molecule has 0 bridgehead atoms. The molecule has 1 amide bonds. The molecule has 2 atom stereocenters. The molecular formula is C11H17N3O. The van der Waals surface area contributed by atoms with Crippen LogP contribution in [0.25, 0.3) is 0 Å². The highest BCUT2D eigenvalue weighted by Crippen LogP contribution is 2.33. The van der Waals surface area contributed by atoms with Crippen LogP contribution < -0.4 is 11.1 Å². The van der Waals surface area contributed by atoms with Crippen LogP contribution in [0, 0.1) is 5.92 Å². The number of nitrogens with zero attached hydrogens (tertiary/aromatic N) is 1. The lowest BCUT2D eigenvalue weighted by Crippen LogP contribution is -2.28. The Morgan fingerprint density at radius 2 is 2.47 bits per heavy atom. The highest BCUT2D eigenvalue weighted by atomic mass is 16.2. The van der Waals surface area contributed by atoms with Gasteiger partial charge in [0.1, 0.15) is 5.69 Å². The van der Waals surface area contributed by atoms with Crippen LogP contribution in [0.1, 0.15) is 30.3 Å². The van der Waals surface area contributed by atoms with Gasteiger partial charge in [-0.2, -0.15) is 0 Å². The van der Waals surface area contributed by atoms with E-state index in [9.17, 15) is 4.79 Å². The number of nitrogens with one attached hydrogen (secondary N) is 1. The monoisotopic (exact) mass is 207 g/mol. The third-order valence-electron chi connectivity index (χ3n) is 3.02. The second kappa shape index (κ2) is 3.61. The number of carbonyl (C=O) groups is 1. The predicted molar refractivity (Wildman–Crippen MR) is 59.5 cm³/mol. The van der Waals surface area contributed by atoms with Gasteiger partial charge < -0.3 is 15.6 Å². The average Bonchev–Trinajstić information content (AvgIpc) is 2.83. The lowest BCUT2D eigenvalue weighted by Gasteiger charge is -2.04. The van der Waals surface area contributed by atoms with Crippen molar-refractivity contribution < 1.29 is 4.79 Å². The van der Waals surface area contributed by atoms with Crippen molar-refractivity contribution in [3.63, 3.8) is 0 Å². The van der Waals surface area contributed by atoms with Crippen LogP contribution in [-0.2, 0) is 7.05 Å². The van der Waals surface area contributed by atoms with E-state index in [0.717, 1.165) is 12.8 Å². The highest BCUT2D eigenvalue weighted by molar-refractivity contribution is 5.94. The summed E-state index contributed by atoms with van der Waals surface area (Å²) in [5.41, 5.74) is 6.88. The molecule has 0 radical (unpaired) electrons. The van der Waals surface area contributed by atoms with E-state index in [0.29, 0.717) is 23.3 Å². The maximum atomic E-state index is 11.8. The van der Waals surface area contributed by atoms with Gasteiger partial charge in [0.25, 0.3) is 5.91 Å². The number of anilines is 1. The molecule has 1 aliphatic carbocycles. The number of nitrogen functional groups attached to an aromatic ring is 1. The van der Waals surface area contributed by atoms with Gasteiger partial charge in [-0.3, -0.25) is 4.79 Å². The van der Waals surface area contributed by atoms with E-state index < -0.39 is 0 Å². The minimum Gasteiger partial charge on any atom is -0.397 e. The van der Waals surface area contributed by atoms with Gasteiger partial charge in [-0.1, -0.05) is 13.3 Å². The predicted octanol–water partition coefficient (Wildman–Crippen LogP) is 1.14.